The van der Waals surface area contributed by atoms with Gasteiger partial charge >= 0.3 is 0 Å². The van der Waals surface area contributed by atoms with Crippen molar-refractivity contribution in [2.24, 2.45) is 0 Å². The maximum atomic E-state index is 13.7. The Kier molecular flexibility index (Phi) is 3.72. The molecule has 1 aromatic rings. The van der Waals surface area contributed by atoms with E-state index in [-0.39, 0.29) is 5.03 Å². The molecule has 2 rings (SSSR count). The molecule has 0 aromatic heterocycles. The van der Waals surface area contributed by atoms with E-state index in [1.165, 1.54) is 6.08 Å². The molecule has 0 saturated heterocycles. The summed E-state index contributed by atoms with van der Waals surface area (Å²) >= 11 is 0. The first-order chi connectivity index (χ1) is 9.62. The molecular weight excluding hydrogens is 303 g/mol. The minimum atomic E-state index is -3.98. The first-order valence-electron chi connectivity index (χ1n) is 5.94. The summed E-state index contributed by atoms with van der Waals surface area (Å²) in [4.78, 5) is 15.1. The minimum absolute atomic E-state index is 0.231. The van der Waals surface area contributed by atoms with E-state index in [2.05, 4.69) is 5.48 Å². The fourth-order valence-corrected chi connectivity index (χ4v) is 3.29. The molecular formula is C12H13FN2O5S. The Bertz CT molecular complexity index is 727. The lowest BCUT2D eigenvalue weighted by molar-refractivity contribution is -0.385. The van der Waals surface area contributed by atoms with Crippen LogP contribution in [0.5, 0.6) is 0 Å². The van der Waals surface area contributed by atoms with Gasteiger partial charge in [0.15, 0.2) is 14.9 Å². The molecule has 0 spiro atoms. The molecule has 1 N–H and O–H groups in total. The average Bonchev–Trinajstić information content (AvgIpc) is 2.72. The zero-order valence-electron chi connectivity index (χ0n) is 11.3. The molecule has 0 radical (unpaired) electrons. The number of nitrogens with zero attached hydrogens (tertiary/aromatic N) is 1. The van der Waals surface area contributed by atoms with Gasteiger partial charge < -0.3 is 0 Å². The topological polar surface area (TPSA) is 98.5 Å². The van der Waals surface area contributed by atoms with Gasteiger partial charge in [0, 0.05) is 6.07 Å². The molecule has 0 bridgehead atoms. The van der Waals surface area contributed by atoms with Crippen LogP contribution in [0.25, 0.3) is 0 Å². The maximum Gasteiger partial charge on any atom is 0.276 e. The van der Waals surface area contributed by atoms with Crippen molar-refractivity contribution in [2.45, 2.75) is 25.2 Å². The third-order valence-electron chi connectivity index (χ3n) is 2.85. The largest absolute Gasteiger partial charge is 0.276 e. The number of nitro benzene ring substituents is 1. The van der Waals surface area contributed by atoms with Crippen molar-refractivity contribution >= 4 is 15.5 Å². The SMILES string of the molecule is CC1(C)C=C(S(=O)(=O)Cc2c(F)cccc2[N+](=O)[O-])NO1. The zero-order chi connectivity index (χ0) is 15.8. The highest BCUT2D eigenvalue weighted by Crippen LogP contribution is 2.28. The van der Waals surface area contributed by atoms with Crippen LogP contribution in [0.1, 0.15) is 19.4 Å². The van der Waals surface area contributed by atoms with Crippen molar-refractivity contribution in [3.8, 4) is 0 Å². The van der Waals surface area contributed by atoms with Gasteiger partial charge in [-0.2, -0.15) is 0 Å². The van der Waals surface area contributed by atoms with Crippen LogP contribution in [0.2, 0.25) is 0 Å². The van der Waals surface area contributed by atoms with Crippen molar-refractivity contribution in [1.82, 2.24) is 5.48 Å². The number of halogens is 1. The number of hydroxylamine groups is 1. The van der Waals surface area contributed by atoms with E-state index in [9.17, 15) is 22.9 Å². The molecule has 7 nitrogen and oxygen atoms in total. The van der Waals surface area contributed by atoms with Gasteiger partial charge in [0.1, 0.15) is 11.4 Å². The molecule has 0 amide bonds. The number of nitrogens with one attached hydrogen (secondary N) is 1. The highest BCUT2D eigenvalue weighted by molar-refractivity contribution is 7.94. The van der Waals surface area contributed by atoms with Crippen LogP contribution < -0.4 is 5.48 Å². The zero-order valence-corrected chi connectivity index (χ0v) is 12.1. The molecule has 0 atom stereocenters. The third kappa shape index (κ3) is 3.19. The van der Waals surface area contributed by atoms with Crippen molar-refractivity contribution in [2.75, 3.05) is 0 Å². The highest BCUT2D eigenvalue weighted by Gasteiger charge is 2.33. The van der Waals surface area contributed by atoms with Gasteiger partial charge in [0.05, 0.1) is 16.2 Å². The molecule has 1 aromatic carbocycles. The second kappa shape index (κ2) is 5.08. The molecule has 1 heterocycles. The van der Waals surface area contributed by atoms with Crippen LogP contribution in [0, 0.1) is 15.9 Å². The number of nitro groups is 1. The lowest BCUT2D eigenvalue weighted by atomic mass is 10.1. The molecule has 0 saturated carbocycles. The fourth-order valence-electron chi connectivity index (χ4n) is 1.84. The molecule has 21 heavy (non-hydrogen) atoms. The van der Waals surface area contributed by atoms with Crippen molar-refractivity contribution in [3.63, 3.8) is 0 Å². The molecule has 0 fully saturated rings. The summed E-state index contributed by atoms with van der Waals surface area (Å²) in [6.07, 6.45) is 1.33. The standard InChI is InChI=1S/C12H13FN2O5S/c1-12(2)6-11(14-20-12)21(18,19)7-8-9(13)4-3-5-10(8)15(16)17/h3-6,14H,7H2,1-2H3. The molecule has 1 aliphatic heterocycles. The Morgan fingerprint density at radius 1 is 1.43 bits per heavy atom. The smallest absolute Gasteiger partial charge is 0.265 e. The van der Waals surface area contributed by atoms with Crippen LogP contribution in [0.15, 0.2) is 29.3 Å². The maximum absolute atomic E-state index is 13.7. The molecule has 0 aliphatic carbocycles. The highest BCUT2D eigenvalue weighted by atomic mass is 32.2. The van der Waals surface area contributed by atoms with E-state index in [0.717, 1.165) is 18.2 Å². The predicted octanol–water partition coefficient (Wildman–Crippen LogP) is 1.80. The Hall–Kier alpha value is -2.00. The average molecular weight is 316 g/mol. The summed E-state index contributed by atoms with van der Waals surface area (Å²) in [7, 11) is -3.98. The normalized spacial score (nSPS) is 17.2. The second-order valence-electron chi connectivity index (χ2n) is 5.07. The minimum Gasteiger partial charge on any atom is -0.265 e. The quantitative estimate of drug-likeness (QED) is 0.672. The number of sulfone groups is 1. The number of hydrogen-bond acceptors (Lipinski definition) is 6. The Morgan fingerprint density at radius 2 is 2.10 bits per heavy atom. The van der Waals surface area contributed by atoms with E-state index in [1.807, 2.05) is 0 Å². The number of benzene rings is 1. The van der Waals surface area contributed by atoms with E-state index in [1.54, 1.807) is 13.8 Å². The van der Waals surface area contributed by atoms with Gasteiger partial charge in [-0.05, 0) is 26.0 Å². The summed E-state index contributed by atoms with van der Waals surface area (Å²) in [6, 6.07) is 3.20. The number of hydrogen-bond donors (Lipinski definition) is 1. The van der Waals surface area contributed by atoms with E-state index in [0.29, 0.717) is 0 Å². The molecule has 114 valence electrons. The van der Waals surface area contributed by atoms with Gasteiger partial charge in [-0.1, -0.05) is 6.07 Å². The molecule has 9 heteroatoms. The fraction of sp³-hybridized carbons (Fsp3) is 0.333. The third-order valence-corrected chi connectivity index (χ3v) is 4.39. The first-order valence-corrected chi connectivity index (χ1v) is 7.59. The van der Waals surface area contributed by atoms with Gasteiger partial charge in [0.25, 0.3) is 5.69 Å². The summed E-state index contributed by atoms with van der Waals surface area (Å²) in [5.74, 6) is -1.76. The van der Waals surface area contributed by atoms with E-state index < -0.39 is 43.2 Å². The van der Waals surface area contributed by atoms with Crippen LogP contribution in [-0.2, 0) is 20.4 Å². The van der Waals surface area contributed by atoms with E-state index >= 15 is 0 Å². The van der Waals surface area contributed by atoms with Crippen LogP contribution in [0.3, 0.4) is 0 Å². The lowest BCUT2D eigenvalue weighted by Crippen LogP contribution is -2.22. The Balaban J connectivity index is 2.41. The lowest BCUT2D eigenvalue weighted by Gasteiger charge is -2.11. The summed E-state index contributed by atoms with van der Waals surface area (Å²) in [5.41, 5.74) is 0.378. The first kappa shape index (κ1) is 15.4. The Morgan fingerprint density at radius 3 is 2.62 bits per heavy atom. The van der Waals surface area contributed by atoms with Gasteiger partial charge in [-0.3, -0.25) is 20.4 Å². The van der Waals surface area contributed by atoms with Crippen LogP contribution in [0.4, 0.5) is 10.1 Å². The van der Waals surface area contributed by atoms with Crippen LogP contribution >= 0.6 is 0 Å². The second-order valence-corrected chi connectivity index (χ2v) is 7.03. The summed E-state index contributed by atoms with van der Waals surface area (Å²) < 4.78 is 38.2. The van der Waals surface area contributed by atoms with Crippen molar-refractivity contribution in [1.29, 1.82) is 0 Å². The van der Waals surface area contributed by atoms with E-state index in [4.69, 9.17) is 4.84 Å². The number of rotatable bonds is 4. The summed E-state index contributed by atoms with van der Waals surface area (Å²) in [5, 5.41) is 10.6. The van der Waals surface area contributed by atoms with Gasteiger partial charge in [-0.15, -0.1) is 0 Å². The molecule has 0 unspecified atom stereocenters. The van der Waals surface area contributed by atoms with Crippen LogP contribution in [-0.4, -0.2) is 18.9 Å². The molecule has 1 aliphatic rings. The Labute approximate surface area is 120 Å². The van der Waals surface area contributed by atoms with Gasteiger partial charge in [-0.25, -0.2) is 12.8 Å². The van der Waals surface area contributed by atoms with Crippen molar-refractivity contribution in [3.05, 3.63) is 50.8 Å². The monoisotopic (exact) mass is 316 g/mol. The predicted molar refractivity (Wildman–Crippen MR) is 72.1 cm³/mol. The van der Waals surface area contributed by atoms with Gasteiger partial charge in [0.2, 0.25) is 0 Å². The van der Waals surface area contributed by atoms with Crippen molar-refractivity contribution < 1.29 is 22.6 Å². The summed E-state index contributed by atoms with van der Waals surface area (Å²) in [6.45, 7) is 3.27.